The van der Waals surface area contributed by atoms with Crippen LogP contribution in [0.3, 0.4) is 0 Å². The van der Waals surface area contributed by atoms with E-state index in [0.717, 1.165) is 15.2 Å². The fourth-order valence-corrected chi connectivity index (χ4v) is 2.60. The monoisotopic (exact) mass is 383 g/mol. The van der Waals surface area contributed by atoms with Crippen molar-refractivity contribution in [1.29, 1.82) is 0 Å². The van der Waals surface area contributed by atoms with Crippen molar-refractivity contribution in [1.82, 2.24) is 14.9 Å². The van der Waals surface area contributed by atoms with E-state index in [1.54, 1.807) is 25.3 Å². The summed E-state index contributed by atoms with van der Waals surface area (Å²) in [6.07, 6.45) is 1.03. The van der Waals surface area contributed by atoms with Gasteiger partial charge in [-0.2, -0.15) is 4.79 Å². The quantitative estimate of drug-likeness (QED) is 0.707. The van der Waals surface area contributed by atoms with Gasteiger partial charge in [0.05, 0.1) is 23.3 Å². The van der Waals surface area contributed by atoms with Gasteiger partial charge in [0.25, 0.3) is 0 Å². The number of anilines is 1. The third kappa shape index (κ3) is 2.55. The van der Waals surface area contributed by atoms with Gasteiger partial charge in [-0.05, 0) is 35.0 Å². The molecule has 3 N–H and O–H groups in total. The summed E-state index contributed by atoms with van der Waals surface area (Å²) in [5.41, 5.74) is 9.56. The lowest BCUT2D eigenvalue weighted by molar-refractivity contribution is 0.164. The van der Waals surface area contributed by atoms with Gasteiger partial charge in [0.1, 0.15) is 5.52 Å². The molecule has 9 heteroatoms. The van der Waals surface area contributed by atoms with Gasteiger partial charge in [-0.3, -0.25) is 0 Å². The molecular weight excluding hydrogens is 374 g/mol. The Morgan fingerprint density at radius 2 is 2.27 bits per heavy atom. The van der Waals surface area contributed by atoms with Gasteiger partial charge in [0.15, 0.2) is 5.82 Å². The van der Waals surface area contributed by atoms with Gasteiger partial charge >= 0.3 is 6.09 Å². The number of aromatic nitrogens is 3. The lowest BCUT2D eigenvalue weighted by Crippen LogP contribution is -2.23. The number of hydrogen-bond acceptors (Lipinski definition) is 5. The second-order valence-electron chi connectivity index (χ2n) is 4.45. The standard InChI is InChI=1S/C13H11BrClN5O2/c1-2-22-13(21)19-20-5-7-6-3-9(15)8(14)4-10(6)17-12(16)11(7)18-20/h3-5H,2H2,1H3,(H2,16,17)(H,19,21). The molecule has 0 bridgehead atoms. The fourth-order valence-electron chi connectivity index (χ4n) is 2.10. The zero-order valence-corrected chi connectivity index (χ0v) is 13.8. The number of halogens is 2. The summed E-state index contributed by atoms with van der Waals surface area (Å²) in [5, 5.41) is 6.26. The summed E-state index contributed by atoms with van der Waals surface area (Å²) in [6, 6.07) is 3.55. The zero-order chi connectivity index (χ0) is 15.9. The van der Waals surface area contributed by atoms with E-state index < -0.39 is 6.09 Å². The molecule has 0 aliphatic carbocycles. The summed E-state index contributed by atoms with van der Waals surface area (Å²) in [5.74, 6) is 0.265. The van der Waals surface area contributed by atoms with E-state index in [1.807, 2.05) is 0 Å². The molecule has 114 valence electrons. The first-order chi connectivity index (χ1) is 10.5. The first kappa shape index (κ1) is 14.9. The molecule has 22 heavy (non-hydrogen) atoms. The highest BCUT2D eigenvalue weighted by atomic mass is 79.9. The first-order valence-corrected chi connectivity index (χ1v) is 7.54. The highest BCUT2D eigenvalue weighted by Gasteiger charge is 2.13. The van der Waals surface area contributed by atoms with Crippen LogP contribution in [0.1, 0.15) is 6.92 Å². The van der Waals surface area contributed by atoms with Crippen LogP contribution >= 0.6 is 27.5 Å². The van der Waals surface area contributed by atoms with Gasteiger partial charge < -0.3 is 10.5 Å². The molecule has 7 nitrogen and oxygen atoms in total. The van der Waals surface area contributed by atoms with Crippen LogP contribution in [0.4, 0.5) is 10.6 Å². The third-order valence-electron chi connectivity index (χ3n) is 3.01. The van der Waals surface area contributed by atoms with Crippen LogP contribution in [0.5, 0.6) is 0 Å². The number of nitrogens with one attached hydrogen (secondary N) is 1. The fraction of sp³-hybridized carbons (Fsp3) is 0.154. The number of fused-ring (bicyclic) bond motifs is 3. The van der Waals surface area contributed by atoms with Crippen LogP contribution < -0.4 is 11.2 Å². The molecule has 0 aliphatic heterocycles. The molecule has 0 aliphatic rings. The summed E-state index contributed by atoms with van der Waals surface area (Å²) in [4.78, 5) is 17.0. The molecule has 2 heterocycles. The van der Waals surface area contributed by atoms with Gasteiger partial charge in [0.2, 0.25) is 0 Å². The van der Waals surface area contributed by atoms with Crippen LogP contribution in [0.25, 0.3) is 21.8 Å². The van der Waals surface area contributed by atoms with Crippen LogP contribution in [-0.4, -0.2) is 27.6 Å². The Balaban J connectivity index is 2.17. The Bertz CT molecular complexity index is 895. The normalized spacial score (nSPS) is 11.0. The van der Waals surface area contributed by atoms with Crippen LogP contribution in [0.15, 0.2) is 22.8 Å². The maximum atomic E-state index is 11.5. The number of rotatable bonds is 2. The van der Waals surface area contributed by atoms with Gasteiger partial charge in [-0.15, -0.1) is 5.10 Å². The van der Waals surface area contributed by atoms with Crippen molar-refractivity contribution in [3.63, 3.8) is 0 Å². The van der Waals surface area contributed by atoms with Gasteiger partial charge in [0, 0.05) is 15.2 Å². The van der Waals surface area contributed by atoms with E-state index in [1.165, 1.54) is 4.79 Å². The minimum absolute atomic E-state index is 0.265. The predicted octanol–water partition coefficient (Wildman–Crippen LogP) is 3.28. The van der Waals surface area contributed by atoms with Crippen molar-refractivity contribution < 1.29 is 9.53 Å². The molecule has 0 saturated carbocycles. The van der Waals surface area contributed by atoms with Crippen LogP contribution in [0, 0.1) is 0 Å². The maximum absolute atomic E-state index is 11.5. The summed E-state index contributed by atoms with van der Waals surface area (Å²) in [6.45, 7) is 1.98. The molecule has 0 radical (unpaired) electrons. The lowest BCUT2D eigenvalue weighted by atomic mass is 10.1. The van der Waals surface area contributed by atoms with E-state index >= 15 is 0 Å². The third-order valence-corrected chi connectivity index (χ3v) is 4.20. The second kappa shape index (κ2) is 5.62. The van der Waals surface area contributed by atoms with Gasteiger partial charge in [-0.1, -0.05) is 11.6 Å². The summed E-state index contributed by atoms with van der Waals surface area (Å²) < 4.78 is 5.54. The number of hydrogen-bond donors (Lipinski definition) is 2. The van der Waals surface area contributed by atoms with Crippen LogP contribution in [0.2, 0.25) is 5.02 Å². The molecule has 1 aromatic carbocycles. The number of amides is 1. The Hall–Kier alpha value is -2.06. The van der Waals surface area contributed by atoms with E-state index in [4.69, 9.17) is 22.1 Å². The average Bonchev–Trinajstić information content (AvgIpc) is 2.86. The van der Waals surface area contributed by atoms with Crippen molar-refractivity contribution in [3.8, 4) is 0 Å². The summed E-state index contributed by atoms with van der Waals surface area (Å²) >= 11 is 9.49. The number of nitrogens with two attached hydrogens (primary N) is 1. The molecular formula is C13H11BrClN5O2. The lowest BCUT2D eigenvalue weighted by Gasteiger charge is -2.03. The van der Waals surface area contributed by atoms with Crippen molar-refractivity contribution >= 4 is 61.2 Å². The minimum Gasteiger partial charge on any atom is -0.449 e. The van der Waals surface area contributed by atoms with Crippen molar-refractivity contribution in [2.45, 2.75) is 6.92 Å². The second-order valence-corrected chi connectivity index (χ2v) is 5.71. The Labute approximate surface area is 138 Å². The van der Waals surface area contributed by atoms with Crippen LogP contribution in [-0.2, 0) is 4.74 Å². The summed E-state index contributed by atoms with van der Waals surface area (Å²) in [7, 11) is 0. The number of benzene rings is 1. The topological polar surface area (TPSA) is 95.1 Å². The molecule has 0 unspecified atom stereocenters. The van der Waals surface area contributed by atoms with Crippen molar-refractivity contribution in [2.24, 2.45) is 0 Å². The zero-order valence-electron chi connectivity index (χ0n) is 11.4. The molecule has 0 atom stereocenters. The SMILES string of the molecule is CCOC(=O)Nn1cc2c(n1)c(N)nc1cc(Br)c(Cl)cc12. The van der Waals surface area contributed by atoms with E-state index in [-0.39, 0.29) is 12.4 Å². The molecule has 1 amide bonds. The number of pyridine rings is 1. The van der Waals surface area contributed by atoms with Crippen molar-refractivity contribution in [2.75, 3.05) is 17.8 Å². The Morgan fingerprint density at radius 3 is 3.00 bits per heavy atom. The number of nitrogen functional groups attached to an aromatic ring is 1. The highest BCUT2D eigenvalue weighted by molar-refractivity contribution is 9.10. The Kier molecular flexibility index (Phi) is 3.79. The van der Waals surface area contributed by atoms with E-state index in [0.29, 0.717) is 16.1 Å². The van der Waals surface area contributed by atoms with Gasteiger partial charge in [-0.25, -0.2) is 15.2 Å². The predicted molar refractivity (Wildman–Crippen MR) is 88.5 cm³/mol. The number of carbonyl (C=O) groups is 1. The van der Waals surface area contributed by atoms with E-state index in [9.17, 15) is 4.79 Å². The molecule has 0 fully saturated rings. The smallest absolute Gasteiger partial charge is 0.427 e. The highest BCUT2D eigenvalue weighted by Crippen LogP contribution is 2.32. The van der Waals surface area contributed by atoms with Crippen molar-refractivity contribution in [3.05, 3.63) is 27.8 Å². The number of carbonyl (C=O) groups excluding carboxylic acids is 1. The minimum atomic E-state index is -0.605. The van der Waals surface area contributed by atoms with E-state index in [2.05, 4.69) is 31.4 Å². The number of ether oxygens (including phenoxy) is 1. The molecule has 3 aromatic rings. The molecule has 3 rings (SSSR count). The largest absolute Gasteiger partial charge is 0.449 e. The molecule has 0 saturated heterocycles. The Morgan fingerprint density at radius 1 is 1.50 bits per heavy atom. The number of nitrogens with zero attached hydrogens (tertiary/aromatic N) is 3. The maximum Gasteiger partial charge on any atom is 0.427 e. The molecule has 0 spiro atoms. The average molecular weight is 385 g/mol. The first-order valence-electron chi connectivity index (χ1n) is 6.37. The molecule has 2 aromatic heterocycles.